The standard InChI is InChI=1S/C16H25FN2/c1-13-11-16(17)4-3-15(13)5-8-18-12-14-6-9-19(2)10-7-14/h3-4,11,14,18H,5-10,12H2,1-2H3. The zero-order valence-corrected chi connectivity index (χ0v) is 12.1. The normalized spacial score (nSPS) is 17.8. The molecule has 0 spiro atoms. The molecule has 0 bridgehead atoms. The number of likely N-dealkylation sites (tertiary alicyclic amines) is 1. The van der Waals surface area contributed by atoms with E-state index in [0.717, 1.165) is 31.0 Å². The summed E-state index contributed by atoms with van der Waals surface area (Å²) in [4.78, 5) is 2.40. The summed E-state index contributed by atoms with van der Waals surface area (Å²) in [6, 6.07) is 5.08. The van der Waals surface area contributed by atoms with Gasteiger partial charge in [0.2, 0.25) is 0 Å². The second-order valence-electron chi connectivity index (χ2n) is 5.77. The first kappa shape index (κ1) is 14.5. The second-order valence-corrected chi connectivity index (χ2v) is 5.77. The van der Waals surface area contributed by atoms with Crippen molar-refractivity contribution in [3.05, 3.63) is 35.1 Å². The summed E-state index contributed by atoms with van der Waals surface area (Å²) in [5.74, 6) is 0.686. The van der Waals surface area contributed by atoms with Gasteiger partial charge >= 0.3 is 0 Å². The molecule has 1 heterocycles. The van der Waals surface area contributed by atoms with Crippen LogP contribution in [0.3, 0.4) is 0 Å². The fourth-order valence-corrected chi connectivity index (χ4v) is 2.74. The van der Waals surface area contributed by atoms with Crippen molar-refractivity contribution in [2.75, 3.05) is 33.2 Å². The monoisotopic (exact) mass is 264 g/mol. The molecule has 2 nitrogen and oxygen atoms in total. The van der Waals surface area contributed by atoms with Gasteiger partial charge in [-0.3, -0.25) is 0 Å². The van der Waals surface area contributed by atoms with Crippen molar-refractivity contribution in [2.24, 2.45) is 5.92 Å². The zero-order chi connectivity index (χ0) is 13.7. The SMILES string of the molecule is Cc1cc(F)ccc1CCNCC1CCN(C)CC1. The Morgan fingerprint density at radius 2 is 2.05 bits per heavy atom. The largest absolute Gasteiger partial charge is 0.316 e. The van der Waals surface area contributed by atoms with Gasteiger partial charge < -0.3 is 10.2 Å². The first-order chi connectivity index (χ1) is 9.15. The molecule has 0 saturated carbocycles. The Labute approximate surface area is 116 Å². The van der Waals surface area contributed by atoms with Crippen LogP contribution < -0.4 is 5.32 Å². The summed E-state index contributed by atoms with van der Waals surface area (Å²) >= 11 is 0. The maximum absolute atomic E-state index is 13.0. The van der Waals surface area contributed by atoms with Crippen LogP contribution in [0.5, 0.6) is 0 Å². The van der Waals surface area contributed by atoms with E-state index < -0.39 is 0 Å². The number of aryl methyl sites for hydroxylation is 1. The molecular weight excluding hydrogens is 239 g/mol. The van der Waals surface area contributed by atoms with E-state index in [2.05, 4.69) is 17.3 Å². The summed E-state index contributed by atoms with van der Waals surface area (Å²) in [5, 5.41) is 3.55. The van der Waals surface area contributed by atoms with Gasteiger partial charge in [-0.2, -0.15) is 0 Å². The molecular formula is C16H25FN2. The number of halogens is 1. The molecule has 0 aliphatic carbocycles. The summed E-state index contributed by atoms with van der Waals surface area (Å²) in [5.41, 5.74) is 2.30. The quantitative estimate of drug-likeness (QED) is 0.822. The van der Waals surface area contributed by atoms with Crippen molar-refractivity contribution in [1.82, 2.24) is 10.2 Å². The van der Waals surface area contributed by atoms with Gasteiger partial charge in [-0.15, -0.1) is 0 Å². The van der Waals surface area contributed by atoms with Gasteiger partial charge in [0, 0.05) is 0 Å². The fourth-order valence-electron chi connectivity index (χ4n) is 2.74. The number of rotatable bonds is 5. The molecule has 1 aliphatic rings. The molecule has 0 radical (unpaired) electrons. The molecule has 1 saturated heterocycles. The Bertz CT molecular complexity index is 398. The number of hydrogen-bond donors (Lipinski definition) is 1. The van der Waals surface area contributed by atoms with Crippen LogP contribution in [-0.4, -0.2) is 38.1 Å². The third kappa shape index (κ3) is 4.59. The molecule has 1 aromatic rings. The van der Waals surface area contributed by atoms with Gasteiger partial charge in [0.15, 0.2) is 0 Å². The number of nitrogens with one attached hydrogen (secondary N) is 1. The topological polar surface area (TPSA) is 15.3 Å². The third-order valence-electron chi connectivity index (χ3n) is 4.15. The Balaban J connectivity index is 1.66. The van der Waals surface area contributed by atoms with E-state index in [1.807, 2.05) is 13.0 Å². The van der Waals surface area contributed by atoms with Crippen LogP contribution in [0.25, 0.3) is 0 Å². The Kier molecular flexibility index (Phi) is 5.34. The number of piperidine rings is 1. The van der Waals surface area contributed by atoms with Crippen LogP contribution in [0.15, 0.2) is 18.2 Å². The molecule has 1 fully saturated rings. The van der Waals surface area contributed by atoms with Crippen LogP contribution in [-0.2, 0) is 6.42 Å². The number of benzene rings is 1. The minimum absolute atomic E-state index is 0.138. The van der Waals surface area contributed by atoms with E-state index in [0.29, 0.717) is 0 Å². The van der Waals surface area contributed by atoms with Crippen LogP contribution in [0.1, 0.15) is 24.0 Å². The summed E-state index contributed by atoms with van der Waals surface area (Å²) in [7, 11) is 2.20. The van der Waals surface area contributed by atoms with E-state index in [9.17, 15) is 4.39 Å². The van der Waals surface area contributed by atoms with Crippen molar-refractivity contribution in [2.45, 2.75) is 26.2 Å². The summed E-state index contributed by atoms with van der Waals surface area (Å²) in [6.07, 6.45) is 3.59. The molecule has 0 atom stereocenters. The zero-order valence-electron chi connectivity index (χ0n) is 12.1. The second kappa shape index (κ2) is 7.01. The molecule has 0 unspecified atom stereocenters. The lowest BCUT2D eigenvalue weighted by Crippen LogP contribution is -2.35. The first-order valence-corrected chi connectivity index (χ1v) is 7.29. The lowest BCUT2D eigenvalue weighted by molar-refractivity contribution is 0.216. The molecule has 106 valence electrons. The molecule has 3 heteroatoms. The van der Waals surface area contributed by atoms with Crippen molar-refractivity contribution < 1.29 is 4.39 Å². The maximum Gasteiger partial charge on any atom is 0.123 e. The number of nitrogens with zero attached hydrogens (tertiary/aromatic N) is 1. The van der Waals surface area contributed by atoms with Crippen LogP contribution in [0.2, 0.25) is 0 Å². The molecule has 0 aromatic heterocycles. The van der Waals surface area contributed by atoms with Gasteiger partial charge in [0.1, 0.15) is 5.82 Å². The van der Waals surface area contributed by atoms with E-state index in [1.54, 1.807) is 12.1 Å². The van der Waals surface area contributed by atoms with Gasteiger partial charge in [-0.1, -0.05) is 6.07 Å². The van der Waals surface area contributed by atoms with E-state index in [4.69, 9.17) is 0 Å². The van der Waals surface area contributed by atoms with Crippen LogP contribution >= 0.6 is 0 Å². The van der Waals surface area contributed by atoms with E-state index >= 15 is 0 Å². The van der Waals surface area contributed by atoms with Gasteiger partial charge in [0.25, 0.3) is 0 Å². The maximum atomic E-state index is 13.0. The Morgan fingerprint density at radius 1 is 1.32 bits per heavy atom. The summed E-state index contributed by atoms with van der Waals surface area (Å²) in [6.45, 7) is 6.54. The number of hydrogen-bond acceptors (Lipinski definition) is 2. The van der Waals surface area contributed by atoms with Crippen molar-refractivity contribution >= 4 is 0 Å². The van der Waals surface area contributed by atoms with Gasteiger partial charge in [0.05, 0.1) is 0 Å². The smallest absolute Gasteiger partial charge is 0.123 e. The first-order valence-electron chi connectivity index (χ1n) is 7.29. The van der Waals surface area contributed by atoms with Gasteiger partial charge in [-0.25, -0.2) is 4.39 Å². The highest BCUT2D eigenvalue weighted by atomic mass is 19.1. The highest BCUT2D eigenvalue weighted by molar-refractivity contribution is 5.26. The highest BCUT2D eigenvalue weighted by Gasteiger charge is 2.15. The summed E-state index contributed by atoms with van der Waals surface area (Å²) < 4.78 is 13.0. The molecule has 1 aromatic carbocycles. The average Bonchev–Trinajstić information content (AvgIpc) is 2.39. The Hall–Kier alpha value is -0.930. The van der Waals surface area contributed by atoms with E-state index in [-0.39, 0.29) is 5.82 Å². The predicted octanol–water partition coefficient (Wildman–Crippen LogP) is 2.61. The van der Waals surface area contributed by atoms with Crippen LogP contribution in [0.4, 0.5) is 4.39 Å². The van der Waals surface area contributed by atoms with Crippen molar-refractivity contribution in [3.63, 3.8) is 0 Å². The molecule has 2 rings (SSSR count). The minimum atomic E-state index is -0.138. The van der Waals surface area contributed by atoms with Crippen molar-refractivity contribution in [3.8, 4) is 0 Å². The Morgan fingerprint density at radius 3 is 2.74 bits per heavy atom. The fraction of sp³-hybridized carbons (Fsp3) is 0.625. The third-order valence-corrected chi connectivity index (χ3v) is 4.15. The molecule has 1 aliphatic heterocycles. The average molecular weight is 264 g/mol. The predicted molar refractivity (Wildman–Crippen MR) is 77.9 cm³/mol. The molecule has 1 N–H and O–H groups in total. The molecule has 0 amide bonds. The van der Waals surface area contributed by atoms with E-state index in [1.165, 1.54) is 31.5 Å². The molecule has 19 heavy (non-hydrogen) atoms. The lowest BCUT2D eigenvalue weighted by atomic mass is 9.97. The lowest BCUT2D eigenvalue weighted by Gasteiger charge is -2.29. The van der Waals surface area contributed by atoms with Crippen LogP contribution in [0, 0.1) is 18.7 Å². The van der Waals surface area contributed by atoms with Gasteiger partial charge in [-0.05, 0) is 88.6 Å². The highest BCUT2D eigenvalue weighted by Crippen LogP contribution is 2.15. The minimum Gasteiger partial charge on any atom is -0.316 e. The van der Waals surface area contributed by atoms with Crippen molar-refractivity contribution in [1.29, 1.82) is 0 Å².